The molecule has 0 spiro atoms. The van der Waals surface area contributed by atoms with E-state index in [1.807, 2.05) is 6.07 Å². The number of benzene rings is 1. The molecular formula is C16H22N4. The summed E-state index contributed by atoms with van der Waals surface area (Å²) in [6, 6.07) is 10.7. The molecule has 0 saturated heterocycles. The van der Waals surface area contributed by atoms with Crippen LogP contribution in [-0.2, 0) is 6.42 Å². The van der Waals surface area contributed by atoms with Crippen molar-refractivity contribution in [1.29, 1.82) is 0 Å². The maximum Gasteiger partial charge on any atom is 0.135 e. The largest absolute Gasteiger partial charge is 0.383 e. The third-order valence-electron chi connectivity index (χ3n) is 3.26. The van der Waals surface area contributed by atoms with Gasteiger partial charge in [-0.3, -0.25) is 0 Å². The maximum absolute atomic E-state index is 5.96. The lowest BCUT2D eigenvalue weighted by atomic mass is 10.0. The van der Waals surface area contributed by atoms with Gasteiger partial charge < -0.3 is 11.1 Å². The molecule has 1 unspecified atom stereocenters. The van der Waals surface area contributed by atoms with Crippen molar-refractivity contribution >= 4 is 11.6 Å². The summed E-state index contributed by atoms with van der Waals surface area (Å²) in [5.74, 6) is 1.70. The molecule has 106 valence electrons. The Morgan fingerprint density at radius 3 is 2.45 bits per heavy atom. The van der Waals surface area contributed by atoms with E-state index in [2.05, 4.69) is 60.3 Å². The second-order valence-electron chi connectivity index (χ2n) is 5.41. The van der Waals surface area contributed by atoms with Crippen LogP contribution in [0, 0.1) is 0 Å². The van der Waals surface area contributed by atoms with E-state index in [9.17, 15) is 0 Å². The molecule has 1 heterocycles. The molecule has 2 rings (SSSR count). The molecule has 0 saturated carbocycles. The summed E-state index contributed by atoms with van der Waals surface area (Å²) < 4.78 is 0. The van der Waals surface area contributed by atoms with Crippen LogP contribution >= 0.6 is 0 Å². The fourth-order valence-corrected chi connectivity index (χ4v) is 2.35. The zero-order valence-corrected chi connectivity index (χ0v) is 12.3. The number of rotatable bonds is 5. The van der Waals surface area contributed by atoms with Crippen molar-refractivity contribution in [3.8, 4) is 0 Å². The predicted octanol–water partition coefficient (Wildman–Crippen LogP) is 3.23. The monoisotopic (exact) mass is 270 g/mol. The SMILES string of the molecule is CC(Cc1ccccc1)Nc1ncnc(N)c1C(C)C. The fourth-order valence-electron chi connectivity index (χ4n) is 2.35. The van der Waals surface area contributed by atoms with E-state index >= 15 is 0 Å². The van der Waals surface area contributed by atoms with E-state index in [0.29, 0.717) is 11.7 Å². The van der Waals surface area contributed by atoms with Crippen molar-refractivity contribution in [2.75, 3.05) is 11.1 Å². The first-order chi connectivity index (χ1) is 9.58. The number of hydrogen-bond donors (Lipinski definition) is 2. The lowest BCUT2D eigenvalue weighted by molar-refractivity contribution is 0.770. The van der Waals surface area contributed by atoms with E-state index in [-0.39, 0.29) is 6.04 Å². The third-order valence-corrected chi connectivity index (χ3v) is 3.26. The second-order valence-corrected chi connectivity index (χ2v) is 5.41. The molecule has 0 radical (unpaired) electrons. The van der Waals surface area contributed by atoms with Crippen LogP contribution in [0.2, 0.25) is 0 Å². The number of nitrogens with two attached hydrogens (primary N) is 1. The molecule has 0 bridgehead atoms. The summed E-state index contributed by atoms with van der Waals surface area (Å²) in [7, 11) is 0. The third kappa shape index (κ3) is 3.47. The lowest BCUT2D eigenvalue weighted by Crippen LogP contribution is -2.21. The molecule has 4 nitrogen and oxygen atoms in total. The highest BCUT2D eigenvalue weighted by molar-refractivity contribution is 5.57. The number of nitrogens with one attached hydrogen (secondary N) is 1. The molecular weight excluding hydrogens is 248 g/mol. The number of nitrogen functional groups attached to an aromatic ring is 1. The molecule has 1 aromatic heterocycles. The highest BCUT2D eigenvalue weighted by Crippen LogP contribution is 2.26. The van der Waals surface area contributed by atoms with E-state index in [0.717, 1.165) is 17.8 Å². The Balaban J connectivity index is 2.12. The Labute approximate surface area is 120 Å². The molecule has 20 heavy (non-hydrogen) atoms. The summed E-state index contributed by atoms with van der Waals surface area (Å²) in [5.41, 5.74) is 8.26. The van der Waals surface area contributed by atoms with E-state index < -0.39 is 0 Å². The molecule has 0 amide bonds. The van der Waals surface area contributed by atoms with Gasteiger partial charge in [0.2, 0.25) is 0 Å². The van der Waals surface area contributed by atoms with Crippen LogP contribution in [0.15, 0.2) is 36.7 Å². The van der Waals surface area contributed by atoms with Gasteiger partial charge in [-0.2, -0.15) is 0 Å². The van der Waals surface area contributed by atoms with E-state index in [1.165, 1.54) is 11.9 Å². The predicted molar refractivity (Wildman–Crippen MR) is 83.8 cm³/mol. The van der Waals surface area contributed by atoms with Crippen LogP contribution in [0.25, 0.3) is 0 Å². The average molecular weight is 270 g/mol. The summed E-state index contributed by atoms with van der Waals surface area (Å²) in [6.45, 7) is 6.35. The Kier molecular flexibility index (Phi) is 4.56. The Bertz CT molecular complexity index is 552. The number of hydrogen-bond acceptors (Lipinski definition) is 4. The van der Waals surface area contributed by atoms with Crippen LogP contribution in [-0.4, -0.2) is 16.0 Å². The van der Waals surface area contributed by atoms with Gasteiger partial charge in [0.05, 0.1) is 0 Å². The van der Waals surface area contributed by atoms with Gasteiger partial charge in [0.15, 0.2) is 0 Å². The minimum Gasteiger partial charge on any atom is -0.383 e. The van der Waals surface area contributed by atoms with Gasteiger partial charge >= 0.3 is 0 Å². The molecule has 2 aromatic rings. The first-order valence-electron chi connectivity index (χ1n) is 6.98. The van der Waals surface area contributed by atoms with Crippen molar-refractivity contribution in [3.05, 3.63) is 47.8 Å². The first-order valence-corrected chi connectivity index (χ1v) is 6.98. The quantitative estimate of drug-likeness (QED) is 0.875. The second kappa shape index (κ2) is 6.37. The van der Waals surface area contributed by atoms with Crippen LogP contribution < -0.4 is 11.1 Å². The molecule has 0 aliphatic carbocycles. The van der Waals surface area contributed by atoms with Crippen molar-refractivity contribution in [1.82, 2.24) is 9.97 Å². The van der Waals surface area contributed by atoms with Gasteiger partial charge in [0.1, 0.15) is 18.0 Å². The van der Waals surface area contributed by atoms with Gasteiger partial charge in [-0.15, -0.1) is 0 Å². The summed E-state index contributed by atoms with van der Waals surface area (Å²) >= 11 is 0. The Morgan fingerprint density at radius 1 is 1.10 bits per heavy atom. The average Bonchev–Trinajstić information content (AvgIpc) is 2.39. The zero-order chi connectivity index (χ0) is 14.5. The molecule has 3 N–H and O–H groups in total. The molecule has 1 aromatic carbocycles. The van der Waals surface area contributed by atoms with Crippen molar-refractivity contribution in [2.45, 2.75) is 39.2 Å². The van der Waals surface area contributed by atoms with Crippen LogP contribution in [0.3, 0.4) is 0 Å². The van der Waals surface area contributed by atoms with Gasteiger partial charge in [-0.1, -0.05) is 44.2 Å². The van der Waals surface area contributed by atoms with Gasteiger partial charge in [0, 0.05) is 11.6 Å². The minimum atomic E-state index is 0.282. The van der Waals surface area contributed by atoms with Crippen LogP contribution in [0.4, 0.5) is 11.6 Å². The molecule has 0 fully saturated rings. The zero-order valence-electron chi connectivity index (χ0n) is 12.3. The number of aromatic nitrogens is 2. The number of anilines is 2. The standard InChI is InChI=1S/C16H22N4/c1-11(2)14-15(17)18-10-19-16(14)20-12(3)9-13-7-5-4-6-8-13/h4-8,10-12H,9H2,1-3H3,(H3,17,18,19,20). The van der Waals surface area contributed by atoms with E-state index in [4.69, 9.17) is 5.73 Å². The highest BCUT2D eigenvalue weighted by atomic mass is 15.1. The minimum absolute atomic E-state index is 0.282. The maximum atomic E-state index is 5.96. The van der Waals surface area contributed by atoms with E-state index in [1.54, 1.807) is 0 Å². The lowest BCUT2D eigenvalue weighted by Gasteiger charge is -2.19. The van der Waals surface area contributed by atoms with Crippen molar-refractivity contribution in [2.24, 2.45) is 0 Å². The summed E-state index contributed by atoms with van der Waals surface area (Å²) in [5, 5.41) is 3.45. The summed E-state index contributed by atoms with van der Waals surface area (Å²) in [6.07, 6.45) is 2.46. The van der Waals surface area contributed by atoms with Gasteiger partial charge in [-0.25, -0.2) is 9.97 Å². The van der Waals surface area contributed by atoms with Crippen LogP contribution in [0.5, 0.6) is 0 Å². The normalized spacial score (nSPS) is 12.4. The molecule has 1 atom stereocenters. The first kappa shape index (κ1) is 14.3. The van der Waals surface area contributed by atoms with Crippen molar-refractivity contribution < 1.29 is 0 Å². The van der Waals surface area contributed by atoms with Gasteiger partial charge in [0.25, 0.3) is 0 Å². The smallest absolute Gasteiger partial charge is 0.135 e. The topological polar surface area (TPSA) is 63.8 Å². The number of nitrogens with zero attached hydrogens (tertiary/aromatic N) is 2. The fraction of sp³-hybridized carbons (Fsp3) is 0.375. The van der Waals surface area contributed by atoms with Gasteiger partial charge in [-0.05, 0) is 24.8 Å². The molecule has 0 aliphatic heterocycles. The Hall–Kier alpha value is -2.10. The van der Waals surface area contributed by atoms with Crippen LogP contribution in [0.1, 0.15) is 37.8 Å². The highest BCUT2D eigenvalue weighted by Gasteiger charge is 2.14. The Morgan fingerprint density at radius 2 is 1.80 bits per heavy atom. The van der Waals surface area contributed by atoms with Crippen molar-refractivity contribution in [3.63, 3.8) is 0 Å². The molecule has 4 heteroatoms. The molecule has 0 aliphatic rings. The summed E-state index contributed by atoms with van der Waals surface area (Å²) in [4.78, 5) is 8.42.